The molecule has 0 atom stereocenters. The maximum atomic E-state index is 12.0. The highest BCUT2D eigenvalue weighted by atomic mass is 16.1. The zero-order chi connectivity index (χ0) is 16.1. The first-order chi connectivity index (χ1) is 11.2. The molecule has 0 unspecified atom stereocenters. The summed E-state index contributed by atoms with van der Waals surface area (Å²) in [6.07, 6.45) is 6.32. The lowest BCUT2D eigenvalue weighted by atomic mass is 9.95. The lowest BCUT2D eigenvalue weighted by molar-refractivity contribution is -0.122. The fraction of sp³-hybridized carbons (Fsp3) is 0.529. The molecule has 1 heterocycles. The molecule has 0 aliphatic heterocycles. The van der Waals surface area contributed by atoms with Crippen LogP contribution in [0.2, 0.25) is 0 Å². The van der Waals surface area contributed by atoms with E-state index in [2.05, 4.69) is 20.7 Å². The maximum absolute atomic E-state index is 12.0. The fourth-order valence-electron chi connectivity index (χ4n) is 2.90. The molecule has 0 radical (unpaired) electrons. The van der Waals surface area contributed by atoms with Gasteiger partial charge in [0.05, 0.1) is 6.54 Å². The molecule has 0 bridgehead atoms. The minimum absolute atomic E-state index is 0.0751. The zero-order valence-corrected chi connectivity index (χ0v) is 13.5. The Hall–Kier alpha value is -2.24. The van der Waals surface area contributed by atoms with E-state index in [0.29, 0.717) is 24.8 Å². The molecule has 1 aromatic heterocycles. The van der Waals surface area contributed by atoms with Crippen LogP contribution in [0, 0.1) is 6.92 Å². The molecule has 6 nitrogen and oxygen atoms in total. The summed E-state index contributed by atoms with van der Waals surface area (Å²) in [5, 5.41) is 15.5. The van der Waals surface area contributed by atoms with E-state index in [1.54, 1.807) is 0 Å². The van der Waals surface area contributed by atoms with Gasteiger partial charge in [-0.2, -0.15) is 4.80 Å². The van der Waals surface area contributed by atoms with Crippen LogP contribution in [0.3, 0.4) is 0 Å². The number of benzene rings is 1. The van der Waals surface area contributed by atoms with Crippen LogP contribution in [0.15, 0.2) is 24.3 Å². The van der Waals surface area contributed by atoms with Gasteiger partial charge in [-0.1, -0.05) is 49.1 Å². The molecule has 1 amide bonds. The van der Waals surface area contributed by atoms with Gasteiger partial charge in [-0.3, -0.25) is 4.79 Å². The van der Waals surface area contributed by atoms with Crippen molar-refractivity contribution in [2.75, 3.05) is 0 Å². The average Bonchev–Trinajstić information content (AvgIpc) is 3.04. The molecule has 122 valence electrons. The van der Waals surface area contributed by atoms with Crippen LogP contribution in [0.25, 0.3) is 11.4 Å². The van der Waals surface area contributed by atoms with E-state index in [1.807, 2.05) is 31.2 Å². The van der Waals surface area contributed by atoms with Crippen LogP contribution in [0.1, 0.15) is 44.1 Å². The first kappa shape index (κ1) is 15.6. The molecule has 1 N–H and O–H groups in total. The molecule has 1 aliphatic rings. The van der Waals surface area contributed by atoms with Crippen molar-refractivity contribution in [3.8, 4) is 11.4 Å². The van der Waals surface area contributed by atoms with Crippen molar-refractivity contribution in [2.45, 2.75) is 58.0 Å². The summed E-state index contributed by atoms with van der Waals surface area (Å²) in [6.45, 7) is 2.50. The number of nitrogens with zero attached hydrogens (tertiary/aromatic N) is 4. The molecular formula is C17H23N5O. The number of aryl methyl sites for hydroxylation is 2. The van der Waals surface area contributed by atoms with Crippen molar-refractivity contribution < 1.29 is 4.79 Å². The van der Waals surface area contributed by atoms with Gasteiger partial charge in [0.25, 0.3) is 0 Å². The molecule has 6 heteroatoms. The highest BCUT2D eigenvalue weighted by Gasteiger charge is 2.15. The van der Waals surface area contributed by atoms with Crippen molar-refractivity contribution in [1.29, 1.82) is 0 Å². The second-order valence-electron chi connectivity index (χ2n) is 6.23. The molecule has 1 aromatic carbocycles. The largest absolute Gasteiger partial charge is 0.353 e. The quantitative estimate of drug-likeness (QED) is 0.920. The second kappa shape index (κ2) is 7.35. The van der Waals surface area contributed by atoms with Gasteiger partial charge in [-0.25, -0.2) is 0 Å². The standard InChI is InChI=1S/C17H23N5O/c1-13-7-9-14(10-8-13)17-19-21-22(20-17)12-11-16(23)18-15-5-3-2-4-6-15/h7-10,15H,2-6,11-12H2,1H3,(H,18,23). The smallest absolute Gasteiger partial charge is 0.222 e. The number of rotatable bonds is 5. The van der Waals surface area contributed by atoms with Crippen molar-refractivity contribution >= 4 is 5.91 Å². The molecule has 23 heavy (non-hydrogen) atoms. The highest BCUT2D eigenvalue weighted by molar-refractivity contribution is 5.76. The topological polar surface area (TPSA) is 72.7 Å². The molecule has 0 spiro atoms. The number of aromatic nitrogens is 4. The van der Waals surface area contributed by atoms with Crippen LogP contribution in [-0.4, -0.2) is 32.2 Å². The van der Waals surface area contributed by atoms with Gasteiger partial charge >= 0.3 is 0 Å². The molecule has 2 aromatic rings. The monoisotopic (exact) mass is 313 g/mol. The summed E-state index contributed by atoms with van der Waals surface area (Å²) in [6, 6.07) is 8.35. The Morgan fingerprint density at radius 3 is 2.70 bits per heavy atom. The number of nitrogens with one attached hydrogen (secondary N) is 1. The van der Waals surface area contributed by atoms with Gasteiger partial charge in [0, 0.05) is 18.0 Å². The van der Waals surface area contributed by atoms with Crippen molar-refractivity contribution in [3.05, 3.63) is 29.8 Å². The molecular weight excluding hydrogens is 290 g/mol. The van der Waals surface area contributed by atoms with Gasteiger partial charge < -0.3 is 5.32 Å². The number of tetrazole rings is 1. The average molecular weight is 313 g/mol. The molecule has 1 aliphatic carbocycles. The van der Waals surface area contributed by atoms with Crippen LogP contribution in [0.5, 0.6) is 0 Å². The van der Waals surface area contributed by atoms with E-state index >= 15 is 0 Å². The maximum Gasteiger partial charge on any atom is 0.222 e. The lowest BCUT2D eigenvalue weighted by Gasteiger charge is -2.22. The number of hydrogen-bond donors (Lipinski definition) is 1. The van der Waals surface area contributed by atoms with E-state index in [1.165, 1.54) is 29.6 Å². The Bertz CT molecular complexity index is 643. The summed E-state index contributed by atoms with van der Waals surface area (Å²) in [5.74, 6) is 0.670. The summed E-state index contributed by atoms with van der Waals surface area (Å²) in [5.41, 5.74) is 2.13. The van der Waals surface area contributed by atoms with Crippen LogP contribution in [-0.2, 0) is 11.3 Å². The Morgan fingerprint density at radius 2 is 1.96 bits per heavy atom. The van der Waals surface area contributed by atoms with Gasteiger partial charge in [-0.15, -0.1) is 10.2 Å². The Labute approximate surface area is 136 Å². The molecule has 3 rings (SSSR count). The SMILES string of the molecule is Cc1ccc(-c2nnn(CCC(=O)NC3CCCCC3)n2)cc1. The first-order valence-electron chi connectivity index (χ1n) is 8.35. The normalized spacial score (nSPS) is 15.5. The highest BCUT2D eigenvalue weighted by Crippen LogP contribution is 2.17. The molecule has 0 saturated heterocycles. The number of hydrogen-bond acceptors (Lipinski definition) is 4. The minimum atomic E-state index is 0.0751. The molecule has 1 fully saturated rings. The Kier molecular flexibility index (Phi) is 5.00. The third kappa shape index (κ3) is 4.37. The number of carbonyl (C=O) groups is 1. The third-order valence-corrected chi connectivity index (χ3v) is 4.27. The summed E-state index contributed by atoms with van der Waals surface area (Å²) >= 11 is 0. The van der Waals surface area contributed by atoms with Gasteiger partial charge in [0.1, 0.15) is 0 Å². The van der Waals surface area contributed by atoms with Gasteiger partial charge in [-0.05, 0) is 25.0 Å². The van der Waals surface area contributed by atoms with Gasteiger partial charge in [0.2, 0.25) is 11.7 Å². The third-order valence-electron chi connectivity index (χ3n) is 4.27. The predicted octanol–water partition coefficient (Wildman–Crippen LogP) is 2.49. The summed E-state index contributed by atoms with van der Waals surface area (Å²) in [4.78, 5) is 13.5. The van der Waals surface area contributed by atoms with Crippen LogP contribution in [0.4, 0.5) is 0 Å². The summed E-state index contributed by atoms with van der Waals surface area (Å²) < 4.78 is 0. The van der Waals surface area contributed by atoms with E-state index in [4.69, 9.17) is 0 Å². The number of carbonyl (C=O) groups excluding carboxylic acids is 1. The number of amides is 1. The Balaban J connectivity index is 1.50. The van der Waals surface area contributed by atoms with E-state index in [-0.39, 0.29) is 5.91 Å². The van der Waals surface area contributed by atoms with Crippen LogP contribution < -0.4 is 5.32 Å². The van der Waals surface area contributed by atoms with E-state index in [0.717, 1.165) is 18.4 Å². The Morgan fingerprint density at radius 1 is 1.22 bits per heavy atom. The summed E-state index contributed by atoms with van der Waals surface area (Å²) in [7, 11) is 0. The first-order valence-corrected chi connectivity index (χ1v) is 8.35. The predicted molar refractivity (Wildman–Crippen MR) is 87.6 cm³/mol. The minimum Gasteiger partial charge on any atom is -0.353 e. The van der Waals surface area contributed by atoms with E-state index < -0.39 is 0 Å². The van der Waals surface area contributed by atoms with Crippen LogP contribution >= 0.6 is 0 Å². The van der Waals surface area contributed by atoms with Crippen molar-refractivity contribution in [2.24, 2.45) is 0 Å². The van der Waals surface area contributed by atoms with E-state index in [9.17, 15) is 4.79 Å². The van der Waals surface area contributed by atoms with Crippen molar-refractivity contribution in [3.63, 3.8) is 0 Å². The molecule has 1 saturated carbocycles. The van der Waals surface area contributed by atoms with Crippen molar-refractivity contribution in [1.82, 2.24) is 25.5 Å². The van der Waals surface area contributed by atoms with Gasteiger partial charge in [0.15, 0.2) is 0 Å². The fourth-order valence-corrected chi connectivity index (χ4v) is 2.90. The zero-order valence-electron chi connectivity index (χ0n) is 13.5. The second-order valence-corrected chi connectivity index (χ2v) is 6.23. The lowest BCUT2D eigenvalue weighted by Crippen LogP contribution is -2.36.